The van der Waals surface area contributed by atoms with E-state index in [-0.39, 0.29) is 21.9 Å². The van der Waals surface area contributed by atoms with E-state index in [1.807, 2.05) is 59.7 Å². The summed E-state index contributed by atoms with van der Waals surface area (Å²) < 4.78 is 27.3. The van der Waals surface area contributed by atoms with Gasteiger partial charge in [-0.15, -0.1) is 0 Å². The van der Waals surface area contributed by atoms with E-state index in [0.29, 0.717) is 30.6 Å². The Morgan fingerprint density at radius 1 is 1.26 bits per heavy atom. The van der Waals surface area contributed by atoms with Crippen molar-refractivity contribution in [3.05, 3.63) is 80.9 Å². The fourth-order valence-corrected chi connectivity index (χ4v) is 7.16. The molecule has 0 aliphatic carbocycles. The molecule has 0 saturated carbocycles. The summed E-state index contributed by atoms with van der Waals surface area (Å²) in [7, 11) is -1.91. The Morgan fingerprint density at radius 2 is 1.98 bits per heavy atom. The van der Waals surface area contributed by atoms with Gasteiger partial charge in [0.05, 0.1) is 18.5 Å². The lowest BCUT2D eigenvalue weighted by atomic mass is 10.1. The highest BCUT2D eigenvalue weighted by atomic mass is 35.5. The van der Waals surface area contributed by atoms with Gasteiger partial charge in [-0.05, 0) is 55.2 Å². The van der Waals surface area contributed by atoms with Crippen LogP contribution in [0.2, 0.25) is 23.2 Å². The first kappa shape index (κ1) is 33.3. The summed E-state index contributed by atoms with van der Waals surface area (Å²) in [5.74, 6) is -0.753. The van der Waals surface area contributed by atoms with Gasteiger partial charge >= 0.3 is 5.97 Å². The fraction of sp³-hybridized carbons (Fsp3) is 0.484. The average molecular weight is 649 g/mol. The Kier molecular flexibility index (Phi) is 10.5. The predicted molar refractivity (Wildman–Crippen MR) is 173 cm³/mol. The van der Waals surface area contributed by atoms with Crippen LogP contribution >= 0.6 is 23.4 Å². The number of hydrogen-bond acceptors (Lipinski definition) is 7. The molecule has 0 bridgehead atoms. The van der Waals surface area contributed by atoms with Crippen molar-refractivity contribution < 1.29 is 23.5 Å². The highest BCUT2D eigenvalue weighted by molar-refractivity contribution is 8.04. The zero-order valence-corrected chi connectivity index (χ0v) is 28.5. The standard InChI is InChI=1S/C31H42ClFN4O4SSi/c1-8-36-28(41-20(2)23-11-9-21(15-24(23)32)19-40-43(6,7)31(3,4)5)27(30(38)39)42-29(36)25-17-35-26-12-10-22(18-37(25)26)16-34-14-13-33/h9-12,15,17-18,20,29,34H,8,13-14,16,19H2,1-7H3,(H,38,39)/t20-,29?/m1/s1. The maximum atomic E-state index is 12.6. The lowest BCUT2D eigenvalue weighted by Gasteiger charge is -2.36. The Morgan fingerprint density at radius 3 is 2.60 bits per heavy atom. The van der Waals surface area contributed by atoms with Crippen LogP contribution in [0, 0.1) is 0 Å². The molecule has 8 nitrogen and oxygen atoms in total. The minimum absolute atomic E-state index is 0.107. The smallest absolute Gasteiger partial charge is 0.347 e. The van der Waals surface area contributed by atoms with Gasteiger partial charge in [0.1, 0.15) is 23.8 Å². The molecule has 1 aliphatic heterocycles. The highest BCUT2D eigenvalue weighted by Gasteiger charge is 2.40. The Balaban J connectivity index is 1.55. The second-order valence-corrected chi connectivity index (χ2v) is 18.5. The number of carbonyl (C=O) groups is 1. The van der Waals surface area contributed by atoms with Gasteiger partial charge in [-0.25, -0.2) is 14.2 Å². The monoisotopic (exact) mass is 648 g/mol. The molecule has 1 aliphatic rings. The minimum atomic E-state index is -1.91. The van der Waals surface area contributed by atoms with Gasteiger partial charge in [-0.3, -0.25) is 0 Å². The van der Waals surface area contributed by atoms with Gasteiger partial charge in [-0.2, -0.15) is 0 Å². The van der Waals surface area contributed by atoms with Gasteiger partial charge in [0.15, 0.2) is 13.2 Å². The van der Waals surface area contributed by atoms with Crippen molar-refractivity contribution in [2.45, 2.75) is 77.4 Å². The van der Waals surface area contributed by atoms with Crippen LogP contribution in [0.15, 0.2) is 53.5 Å². The first-order chi connectivity index (χ1) is 20.3. The number of thioether (sulfide) groups is 1. The molecule has 234 valence electrons. The van der Waals surface area contributed by atoms with Gasteiger partial charge in [0.25, 0.3) is 0 Å². The van der Waals surface area contributed by atoms with Crippen molar-refractivity contribution in [1.82, 2.24) is 19.6 Å². The molecular weight excluding hydrogens is 607 g/mol. The lowest BCUT2D eigenvalue weighted by Crippen LogP contribution is -2.40. The third kappa shape index (κ3) is 7.39. The van der Waals surface area contributed by atoms with Crippen molar-refractivity contribution in [3.8, 4) is 0 Å². The molecule has 3 aromatic rings. The van der Waals surface area contributed by atoms with Crippen LogP contribution in [-0.4, -0.2) is 53.4 Å². The molecule has 12 heteroatoms. The van der Waals surface area contributed by atoms with E-state index in [0.717, 1.165) is 28.0 Å². The van der Waals surface area contributed by atoms with Gasteiger partial charge < -0.3 is 28.9 Å². The number of ether oxygens (including phenoxy) is 1. The topological polar surface area (TPSA) is 88.3 Å². The SMILES string of the molecule is CCN1C(O[C@H](C)c2ccc(CO[Si](C)(C)C(C)(C)C)cc2Cl)=C(C(=O)O)SC1c1cnc2ccc(CNCCF)cn12. The fourth-order valence-electron chi connectivity index (χ4n) is 4.59. The molecule has 43 heavy (non-hydrogen) atoms. The van der Waals surface area contributed by atoms with E-state index in [4.69, 9.17) is 20.8 Å². The van der Waals surface area contributed by atoms with E-state index in [9.17, 15) is 14.3 Å². The van der Waals surface area contributed by atoms with Gasteiger partial charge in [-0.1, -0.05) is 62.3 Å². The van der Waals surface area contributed by atoms with Crippen LogP contribution in [0.3, 0.4) is 0 Å². The molecule has 0 saturated heterocycles. The number of fused-ring (bicyclic) bond motifs is 1. The summed E-state index contributed by atoms with van der Waals surface area (Å²) >= 11 is 7.96. The number of pyridine rings is 1. The molecule has 0 amide bonds. The van der Waals surface area contributed by atoms with E-state index in [1.165, 1.54) is 11.8 Å². The lowest BCUT2D eigenvalue weighted by molar-refractivity contribution is -0.132. The molecular formula is C31H42ClFN4O4SSi. The van der Waals surface area contributed by atoms with Crippen molar-refractivity contribution in [2.24, 2.45) is 0 Å². The third-order valence-corrected chi connectivity index (χ3v) is 14.3. The predicted octanol–water partition coefficient (Wildman–Crippen LogP) is 7.67. The Bertz CT molecular complexity index is 1490. The summed E-state index contributed by atoms with van der Waals surface area (Å²) in [5, 5.41) is 13.5. The Hall–Kier alpha value is -2.57. The number of imidazole rings is 1. The highest BCUT2D eigenvalue weighted by Crippen LogP contribution is 2.49. The second-order valence-electron chi connectivity index (χ2n) is 12.2. The second kappa shape index (κ2) is 13.6. The molecule has 2 aromatic heterocycles. The van der Waals surface area contributed by atoms with Gasteiger partial charge in [0.2, 0.25) is 5.88 Å². The number of aliphatic carboxylic acids is 1. The summed E-state index contributed by atoms with van der Waals surface area (Å²) in [5.41, 5.74) is 4.28. The minimum Gasteiger partial charge on any atom is -0.477 e. The van der Waals surface area contributed by atoms with Crippen LogP contribution in [0.25, 0.3) is 5.65 Å². The first-order valence-electron chi connectivity index (χ1n) is 14.5. The summed E-state index contributed by atoms with van der Waals surface area (Å²) in [6, 6.07) is 9.67. The molecule has 0 radical (unpaired) electrons. The molecule has 2 N–H and O–H groups in total. The molecule has 2 atom stereocenters. The van der Waals surface area contributed by atoms with Crippen molar-refractivity contribution in [1.29, 1.82) is 0 Å². The number of benzene rings is 1. The van der Waals surface area contributed by atoms with Crippen LogP contribution in [0.4, 0.5) is 4.39 Å². The summed E-state index contributed by atoms with van der Waals surface area (Å²) in [6.07, 6.45) is 3.22. The quantitative estimate of drug-likeness (QED) is 0.144. The number of halogens is 2. The average Bonchev–Trinajstić information content (AvgIpc) is 3.52. The van der Waals surface area contributed by atoms with E-state index in [2.05, 4.69) is 44.2 Å². The number of aromatic nitrogens is 2. The maximum Gasteiger partial charge on any atom is 0.347 e. The zero-order chi connectivity index (χ0) is 31.5. The van der Waals surface area contributed by atoms with Crippen molar-refractivity contribution >= 4 is 43.3 Å². The van der Waals surface area contributed by atoms with Crippen LogP contribution in [0.1, 0.15) is 68.5 Å². The van der Waals surface area contributed by atoms with Crippen molar-refractivity contribution in [2.75, 3.05) is 19.8 Å². The van der Waals surface area contributed by atoms with E-state index < -0.39 is 27.1 Å². The number of carboxylic acids is 1. The first-order valence-corrected chi connectivity index (χ1v) is 18.7. The van der Waals surface area contributed by atoms with Gasteiger partial charge in [0, 0.05) is 36.4 Å². The van der Waals surface area contributed by atoms with E-state index >= 15 is 0 Å². The molecule has 1 aromatic carbocycles. The largest absolute Gasteiger partial charge is 0.477 e. The number of rotatable bonds is 13. The summed E-state index contributed by atoms with van der Waals surface area (Å²) in [4.78, 5) is 19.0. The third-order valence-electron chi connectivity index (χ3n) is 8.15. The van der Waals surface area contributed by atoms with Crippen molar-refractivity contribution in [3.63, 3.8) is 0 Å². The van der Waals surface area contributed by atoms with Crippen LogP contribution < -0.4 is 5.32 Å². The maximum absolute atomic E-state index is 12.6. The molecule has 0 spiro atoms. The Labute approximate surface area is 263 Å². The number of hydrogen-bond donors (Lipinski definition) is 2. The molecule has 4 rings (SSSR count). The number of carboxylic acid groups (broad SMARTS) is 1. The number of nitrogens with zero attached hydrogens (tertiary/aromatic N) is 3. The normalized spacial score (nSPS) is 16.8. The molecule has 0 fully saturated rings. The van der Waals surface area contributed by atoms with Crippen LogP contribution in [0.5, 0.6) is 0 Å². The van der Waals surface area contributed by atoms with Crippen LogP contribution in [-0.2, 0) is 27.1 Å². The molecule has 1 unspecified atom stereocenters. The number of nitrogens with one attached hydrogen (secondary N) is 1. The van der Waals surface area contributed by atoms with E-state index in [1.54, 1.807) is 6.20 Å². The zero-order valence-electron chi connectivity index (χ0n) is 25.9. The summed E-state index contributed by atoms with van der Waals surface area (Å²) in [6.45, 7) is 16.3. The number of alkyl halides is 1. The molecule has 3 heterocycles.